The van der Waals surface area contributed by atoms with Gasteiger partial charge in [-0.05, 0) is 12.8 Å². The number of esters is 1. The second kappa shape index (κ2) is 2.91. The van der Waals surface area contributed by atoms with Crippen LogP contribution in [-0.2, 0) is 9.53 Å². The van der Waals surface area contributed by atoms with E-state index in [1.807, 2.05) is 0 Å². The molecule has 0 N–H and O–H groups in total. The Balaban J connectivity index is 2.63. The first-order valence-electron chi connectivity index (χ1n) is 3.64. The number of ether oxygens (including phenoxy) is 1. The van der Waals surface area contributed by atoms with Crippen molar-refractivity contribution in [1.29, 1.82) is 0 Å². The van der Waals surface area contributed by atoms with Gasteiger partial charge in [0.05, 0.1) is 0 Å². The highest BCUT2D eigenvalue weighted by atomic mass is 16.6. The molecule has 1 aliphatic rings. The fourth-order valence-corrected chi connectivity index (χ4v) is 1.26. The summed E-state index contributed by atoms with van der Waals surface area (Å²) in [5, 5.41) is 0. The maximum atomic E-state index is 11.0. The van der Waals surface area contributed by atoms with E-state index in [0.29, 0.717) is 19.4 Å². The van der Waals surface area contributed by atoms with E-state index in [0.717, 1.165) is 0 Å². The Morgan fingerprint density at radius 2 is 2.00 bits per heavy atom. The molecule has 1 aliphatic heterocycles. The van der Waals surface area contributed by atoms with Gasteiger partial charge in [-0.15, -0.1) is 13.2 Å². The minimum atomic E-state index is -0.316. The number of carbonyl (C=O) groups excluding carboxylic acids is 1. The van der Waals surface area contributed by atoms with Crippen molar-refractivity contribution in [3.05, 3.63) is 25.3 Å². The smallest absolute Gasteiger partial charge is 0.316 e. The van der Waals surface area contributed by atoms with Crippen LogP contribution in [0.2, 0.25) is 0 Å². The van der Waals surface area contributed by atoms with E-state index < -0.39 is 0 Å². The molecule has 0 aliphatic carbocycles. The van der Waals surface area contributed by atoms with Gasteiger partial charge in [0.25, 0.3) is 0 Å². The van der Waals surface area contributed by atoms with Gasteiger partial charge in [-0.2, -0.15) is 0 Å². The van der Waals surface area contributed by atoms with Gasteiger partial charge < -0.3 is 4.74 Å². The van der Waals surface area contributed by atoms with Gasteiger partial charge in [0.2, 0.25) is 0 Å². The van der Waals surface area contributed by atoms with Crippen LogP contribution in [-0.4, -0.2) is 12.6 Å². The standard InChI is InChI=1S/C9H12O2/c1-3-5-9(6-4-2)7-11-8(9)10/h3-4H,1-2,5-7H2. The maximum Gasteiger partial charge on any atom is 0.316 e. The van der Waals surface area contributed by atoms with Crippen molar-refractivity contribution in [2.75, 3.05) is 6.61 Å². The van der Waals surface area contributed by atoms with Crippen molar-refractivity contribution in [2.24, 2.45) is 5.41 Å². The summed E-state index contributed by atoms with van der Waals surface area (Å²) in [5.74, 6) is -0.114. The van der Waals surface area contributed by atoms with Crippen LogP contribution in [0, 0.1) is 5.41 Å². The van der Waals surface area contributed by atoms with Crippen LogP contribution in [0.3, 0.4) is 0 Å². The second-order valence-corrected chi connectivity index (χ2v) is 2.84. The third-order valence-corrected chi connectivity index (χ3v) is 1.98. The molecule has 2 nitrogen and oxygen atoms in total. The Bertz CT molecular complexity index is 184. The lowest BCUT2D eigenvalue weighted by atomic mass is 9.78. The number of hydrogen-bond donors (Lipinski definition) is 0. The lowest BCUT2D eigenvalue weighted by Crippen LogP contribution is -2.47. The van der Waals surface area contributed by atoms with E-state index in [4.69, 9.17) is 4.74 Å². The molecule has 0 spiro atoms. The number of cyclic esters (lactones) is 1. The zero-order valence-electron chi connectivity index (χ0n) is 6.51. The van der Waals surface area contributed by atoms with Crippen molar-refractivity contribution in [1.82, 2.24) is 0 Å². The predicted octanol–water partition coefficient (Wildman–Crippen LogP) is 1.68. The minimum absolute atomic E-state index is 0.114. The molecule has 0 aromatic carbocycles. The average Bonchev–Trinajstić information content (AvgIpc) is 2.01. The lowest BCUT2D eigenvalue weighted by Gasteiger charge is -2.37. The van der Waals surface area contributed by atoms with Crippen LogP contribution in [0.25, 0.3) is 0 Å². The predicted molar refractivity (Wildman–Crippen MR) is 43.0 cm³/mol. The number of hydrogen-bond acceptors (Lipinski definition) is 2. The Hall–Kier alpha value is -1.05. The molecule has 60 valence electrons. The average molecular weight is 152 g/mol. The van der Waals surface area contributed by atoms with Gasteiger partial charge >= 0.3 is 5.97 Å². The molecular weight excluding hydrogens is 140 g/mol. The summed E-state index contributed by atoms with van der Waals surface area (Å²) in [6, 6.07) is 0. The molecule has 0 aromatic rings. The molecule has 0 atom stereocenters. The summed E-state index contributed by atoms with van der Waals surface area (Å²) in [4.78, 5) is 11.0. The number of carbonyl (C=O) groups is 1. The zero-order valence-corrected chi connectivity index (χ0v) is 6.51. The third-order valence-electron chi connectivity index (χ3n) is 1.98. The first-order valence-corrected chi connectivity index (χ1v) is 3.64. The summed E-state index contributed by atoms with van der Waals surface area (Å²) in [6.07, 6.45) is 4.89. The maximum absolute atomic E-state index is 11.0. The molecule has 1 heterocycles. The summed E-state index contributed by atoms with van der Waals surface area (Å²) >= 11 is 0. The molecule has 2 heteroatoms. The van der Waals surface area contributed by atoms with Crippen molar-refractivity contribution in [3.8, 4) is 0 Å². The highest BCUT2D eigenvalue weighted by molar-refractivity contribution is 5.82. The van der Waals surface area contributed by atoms with Crippen molar-refractivity contribution in [2.45, 2.75) is 12.8 Å². The van der Waals surface area contributed by atoms with Crippen LogP contribution >= 0.6 is 0 Å². The summed E-state index contributed by atoms with van der Waals surface area (Å²) < 4.78 is 4.72. The van der Waals surface area contributed by atoms with Gasteiger partial charge in [-0.25, -0.2) is 0 Å². The van der Waals surface area contributed by atoms with Crippen molar-refractivity contribution < 1.29 is 9.53 Å². The lowest BCUT2D eigenvalue weighted by molar-refractivity contribution is -0.184. The number of rotatable bonds is 4. The zero-order chi connectivity index (χ0) is 8.32. The van der Waals surface area contributed by atoms with Gasteiger partial charge in [0, 0.05) is 0 Å². The van der Waals surface area contributed by atoms with Gasteiger partial charge in [0.15, 0.2) is 0 Å². The van der Waals surface area contributed by atoms with E-state index in [2.05, 4.69) is 13.2 Å². The first-order chi connectivity index (χ1) is 5.25. The van der Waals surface area contributed by atoms with E-state index in [9.17, 15) is 4.79 Å². The molecule has 0 unspecified atom stereocenters. The SMILES string of the molecule is C=CCC1(CC=C)COC1=O. The van der Waals surface area contributed by atoms with Gasteiger partial charge in [0.1, 0.15) is 12.0 Å². The Kier molecular flexibility index (Phi) is 2.13. The number of allylic oxidation sites excluding steroid dienone is 2. The van der Waals surface area contributed by atoms with E-state index in [1.54, 1.807) is 12.2 Å². The second-order valence-electron chi connectivity index (χ2n) is 2.84. The molecule has 0 amide bonds. The first kappa shape index (κ1) is 8.05. The molecule has 0 saturated carbocycles. The van der Waals surface area contributed by atoms with E-state index >= 15 is 0 Å². The van der Waals surface area contributed by atoms with Crippen molar-refractivity contribution in [3.63, 3.8) is 0 Å². The van der Waals surface area contributed by atoms with Crippen LogP contribution in [0.1, 0.15) is 12.8 Å². The Morgan fingerprint density at radius 3 is 2.18 bits per heavy atom. The summed E-state index contributed by atoms with van der Waals surface area (Å²) in [7, 11) is 0. The fraction of sp³-hybridized carbons (Fsp3) is 0.444. The molecule has 0 radical (unpaired) electrons. The topological polar surface area (TPSA) is 26.3 Å². The highest BCUT2D eigenvalue weighted by Gasteiger charge is 2.46. The molecule has 1 fully saturated rings. The van der Waals surface area contributed by atoms with Crippen LogP contribution in [0.4, 0.5) is 0 Å². The quantitative estimate of drug-likeness (QED) is 0.452. The molecule has 1 rings (SSSR count). The molecular formula is C9H12O2. The van der Waals surface area contributed by atoms with Crippen LogP contribution in [0.5, 0.6) is 0 Å². The van der Waals surface area contributed by atoms with Crippen molar-refractivity contribution >= 4 is 5.97 Å². The largest absolute Gasteiger partial charge is 0.464 e. The molecule has 0 aromatic heterocycles. The minimum Gasteiger partial charge on any atom is -0.464 e. The van der Waals surface area contributed by atoms with Gasteiger partial charge in [-0.3, -0.25) is 4.79 Å². The molecule has 0 bridgehead atoms. The monoisotopic (exact) mass is 152 g/mol. The van der Waals surface area contributed by atoms with Crippen LogP contribution < -0.4 is 0 Å². The molecule has 1 saturated heterocycles. The van der Waals surface area contributed by atoms with Crippen LogP contribution in [0.15, 0.2) is 25.3 Å². The normalized spacial score (nSPS) is 19.8. The van der Waals surface area contributed by atoms with Gasteiger partial charge in [-0.1, -0.05) is 12.2 Å². The highest BCUT2D eigenvalue weighted by Crippen LogP contribution is 2.37. The Labute approximate surface area is 66.5 Å². The summed E-state index contributed by atoms with van der Waals surface area (Å²) in [5.41, 5.74) is -0.316. The molecule has 11 heavy (non-hydrogen) atoms. The summed E-state index contributed by atoms with van der Waals surface area (Å²) in [6.45, 7) is 7.72. The van der Waals surface area contributed by atoms with E-state index in [-0.39, 0.29) is 11.4 Å². The fourth-order valence-electron chi connectivity index (χ4n) is 1.26. The third kappa shape index (κ3) is 1.20. The Morgan fingerprint density at radius 1 is 1.45 bits per heavy atom. The van der Waals surface area contributed by atoms with E-state index in [1.165, 1.54) is 0 Å².